The predicted octanol–water partition coefficient (Wildman–Crippen LogP) is 2.23. The zero-order valence-corrected chi connectivity index (χ0v) is 7.14. The van der Waals surface area contributed by atoms with Gasteiger partial charge in [0.1, 0.15) is 0 Å². The molecule has 0 bridgehead atoms. The molecule has 0 amide bonds. The zero-order chi connectivity index (χ0) is 7.82. The topological polar surface area (TPSA) is 46.5 Å². The van der Waals surface area contributed by atoms with Gasteiger partial charge in [0.05, 0.1) is 6.61 Å². The number of rotatable bonds is 6. The smallest absolute Gasteiger partial charge is 0.298 e. The lowest BCUT2D eigenvalue weighted by molar-refractivity contribution is 0.274. The van der Waals surface area contributed by atoms with E-state index in [2.05, 4.69) is 11.4 Å². The largest absolute Gasteiger partial charge is 0.366 e. The van der Waals surface area contributed by atoms with Crippen molar-refractivity contribution in [1.82, 2.24) is 0 Å². The Morgan fingerprint density at radius 2 is 2.10 bits per heavy atom. The van der Waals surface area contributed by atoms with Crippen LogP contribution in [0.2, 0.25) is 0 Å². The molecule has 0 saturated carbocycles. The van der Waals surface area contributed by atoms with E-state index in [1.807, 2.05) is 0 Å². The molecule has 0 aromatic carbocycles. The summed E-state index contributed by atoms with van der Waals surface area (Å²) in [6, 6.07) is 0. The summed E-state index contributed by atoms with van der Waals surface area (Å²) < 4.78 is 14.4. The van der Waals surface area contributed by atoms with Crippen molar-refractivity contribution in [3.05, 3.63) is 0 Å². The zero-order valence-electron chi connectivity index (χ0n) is 6.25. The minimum absolute atomic E-state index is 0.408. The Bertz CT molecular complexity index is 95.0. The third-order valence-corrected chi connectivity index (χ3v) is 1.60. The Morgan fingerprint density at radius 1 is 1.40 bits per heavy atom. The lowest BCUT2D eigenvalue weighted by Gasteiger charge is -1.96. The molecule has 0 aliphatic carbocycles. The highest BCUT2D eigenvalue weighted by atomic mass is 31.1. The van der Waals surface area contributed by atoms with E-state index in [1.165, 1.54) is 12.8 Å². The van der Waals surface area contributed by atoms with Gasteiger partial charge in [-0.2, -0.15) is 0 Å². The molecule has 4 heteroatoms. The monoisotopic (exact) mass is 165 g/mol. The predicted molar refractivity (Wildman–Crippen MR) is 39.9 cm³/mol. The molecule has 1 radical (unpaired) electrons. The van der Waals surface area contributed by atoms with Crippen molar-refractivity contribution in [2.24, 2.45) is 0 Å². The van der Waals surface area contributed by atoms with Crippen LogP contribution in [0.15, 0.2) is 0 Å². The molecule has 1 unspecified atom stereocenters. The number of hydrogen-bond acceptors (Lipinski definition) is 2. The molecule has 0 fully saturated rings. The van der Waals surface area contributed by atoms with Crippen molar-refractivity contribution < 1.29 is 14.0 Å². The molecule has 0 heterocycles. The van der Waals surface area contributed by atoms with E-state index in [-0.39, 0.29) is 0 Å². The Hall–Kier alpha value is 0.0200. The SMILES string of the molecule is CCCCCCO[P](=O)O. The fraction of sp³-hybridized carbons (Fsp3) is 1.00. The van der Waals surface area contributed by atoms with Crippen molar-refractivity contribution in [3.8, 4) is 0 Å². The number of hydrogen-bond donors (Lipinski definition) is 1. The molecule has 1 N–H and O–H groups in total. The first kappa shape index (κ1) is 10.0. The van der Waals surface area contributed by atoms with Crippen LogP contribution in [0.5, 0.6) is 0 Å². The molecule has 0 aromatic rings. The van der Waals surface area contributed by atoms with E-state index in [0.29, 0.717) is 6.61 Å². The van der Waals surface area contributed by atoms with Crippen molar-refractivity contribution in [2.45, 2.75) is 32.6 Å². The molecule has 0 saturated heterocycles. The van der Waals surface area contributed by atoms with Gasteiger partial charge in [0.2, 0.25) is 0 Å². The average molecular weight is 165 g/mol. The quantitative estimate of drug-likeness (QED) is 0.485. The lowest BCUT2D eigenvalue weighted by Crippen LogP contribution is -1.85. The highest BCUT2D eigenvalue weighted by molar-refractivity contribution is 7.32. The molecule has 0 rings (SSSR count). The second-order valence-electron chi connectivity index (χ2n) is 2.13. The van der Waals surface area contributed by atoms with Crippen LogP contribution in [0.25, 0.3) is 0 Å². The normalized spacial score (nSPS) is 11.6. The van der Waals surface area contributed by atoms with Gasteiger partial charge in [0.15, 0.2) is 0 Å². The van der Waals surface area contributed by atoms with Crippen LogP contribution in [-0.4, -0.2) is 11.5 Å². The maximum atomic E-state index is 9.96. The summed E-state index contributed by atoms with van der Waals surface area (Å²) in [6.07, 6.45) is 4.31. The van der Waals surface area contributed by atoms with Crippen LogP contribution in [0.4, 0.5) is 0 Å². The summed E-state index contributed by atoms with van der Waals surface area (Å²) >= 11 is 0. The highest BCUT2D eigenvalue weighted by Gasteiger charge is 1.92. The standard InChI is InChI=1S/C6H14O3P/c1-2-3-4-5-6-9-10(7)8/h2-6H2,1H3,(H,7,8). The van der Waals surface area contributed by atoms with Gasteiger partial charge in [-0.25, -0.2) is 4.57 Å². The maximum Gasteiger partial charge on any atom is 0.366 e. The van der Waals surface area contributed by atoms with E-state index >= 15 is 0 Å². The molecule has 3 nitrogen and oxygen atoms in total. The van der Waals surface area contributed by atoms with Crippen molar-refractivity contribution in [3.63, 3.8) is 0 Å². The first-order valence-corrected chi connectivity index (χ1v) is 4.69. The van der Waals surface area contributed by atoms with Crippen molar-refractivity contribution >= 4 is 8.25 Å². The van der Waals surface area contributed by atoms with Crippen LogP contribution >= 0.6 is 8.25 Å². The third-order valence-electron chi connectivity index (χ3n) is 1.20. The van der Waals surface area contributed by atoms with E-state index < -0.39 is 8.25 Å². The fourth-order valence-corrected chi connectivity index (χ4v) is 0.957. The molecule has 0 aliphatic heterocycles. The summed E-state index contributed by atoms with van der Waals surface area (Å²) in [5.41, 5.74) is 0. The van der Waals surface area contributed by atoms with Gasteiger partial charge in [-0.15, -0.1) is 0 Å². The fourth-order valence-electron chi connectivity index (χ4n) is 0.671. The molecule has 61 valence electrons. The Morgan fingerprint density at radius 3 is 2.60 bits per heavy atom. The molecule has 1 atom stereocenters. The molecular formula is C6H14O3P. The molecule has 10 heavy (non-hydrogen) atoms. The summed E-state index contributed by atoms with van der Waals surface area (Å²) in [7, 11) is -2.37. The van der Waals surface area contributed by atoms with Crippen LogP contribution < -0.4 is 0 Å². The minimum Gasteiger partial charge on any atom is -0.298 e. The van der Waals surface area contributed by atoms with Gasteiger partial charge in [-0.3, -0.25) is 9.42 Å². The van der Waals surface area contributed by atoms with Crippen molar-refractivity contribution in [2.75, 3.05) is 6.61 Å². The summed E-state index contributed by atoms with van der Waals surface area (Å²) in [5.74, 6) is 0. The van der Waals surface area contributed by atoms with Gasteiger partial charge >= 0.3 is 8.25 Å². The third kappa shape index (κ3) is 8.02. The Balaban J connectivity index is 2.84. The Kier molecular flexibility index (Phi) is 7.15. The minimum atomic E-state index is -2.37. The van der Waals surface area contributed by atoms with Crippen LogP contribution in [0.1, 0.15) is 32.6 Å². The highest BCUT2D eigenvalue weighted by Crippen LogP contribution is 2.15. The lowest BCUT2D eigenvalue weighted by atomic mass is 10.2. The van der Waals surface area contributed by atoms with E-state index in [4.69, 9.17) is 4.89 Å². The Labute approximate surface area is 62.3 Å². The average Bonchev–Trinajstić information content (AvgIpc) is 1.87. The van der Waals surface area contributed by atoms with Crippen LogP contribution in [0, 0.1) is 0 Å². The van der Waals surface area contributed by atoms with Gasteiger partial charge in [-0.05, 0) is 6.42 Å². The summed E-state index contributed by atoms with van der Waals surface area (Å²) in [6.45, 7) is 2.53. The van der Waals surface area contributed by atoms with Crippen LogP contribution in [0.3, 0.4) is 0 Å². The number of unbranched alkanes of at least 4 members (excludes halogenated alkanes) is 3. The van der Waals surface area contributed by atoms with Crippen LogP contribution in [-0.2, 0) is 9.09 Å². The summed E-state index contributed by atoms with van der Waals surface area (Å²) in [4.78, 5) is 8.20. The molecule has 0 aliphatic rings. The molecule has 0 spiro atoms. The van der Waals surface area contributed by atoms with Crippen molar-refractivity contribution in [1.29, 1.82) is 0 Å². The second-order valence-corrected chi connectivity index (χ2v) is 2.87. The van der Waals surface area contributed by atoms with E-state index in [9.17, 15) is 4.57 Å². The van der Waals surface area contributed by atoms with Gasteiger partial charge in [-0.1, -0.05) is 26.2 Å². The van der Waals surface area contributed by atoms with Gasteiger partial charge in [0, 0.05) is 0 Å². The molecule has 0 aromatic heterocycles. The van der Waals surface area contributed by atoms with E-state index in [1.54, 1.807) is 0 Å². The first-order valence-electron chi connectivity index (χ1n) is 3.56. The maximum absolute atomic E-state index is 9.96. The molecular weight excluding hydrogens is 151 g/mol. The summed E-state index contributed by atoms with van der Waals surface area (Å²) in [5, 5.41) is 0. The van der Waals surface area contributed by atoms with E-state index in [0.717, 1.165) is 12.8 Å². The first-order chi connectivity index (χ1) is 4.77. The van der Waals surface area contributed by atoms with Gasteiger partial charge < -0.3 is 0 Å². The second kappa shape index (κ2) is 7.13. The van der Waals surface area contributed by atoms with Gasteiger partial charge in [0.25, 0.3) is 0 Å².